The Labute approximate surface area is 185 Å². The predicted molar refractivity (Wildman–Crippen MR) is 118 cm³/mol. The van der Waals surface area contributed by atoms with Gasteiger partial charge in [-0.15, -0.1) is 24.0 Å². The van der Waals surface area contributed by atoms with Gasteiger partial charge in [-0.3, -0.25) is 4.99 Å². The van der Waals surface area contributed by atoms with E-state index in [2.05, 4.69) is 20.5 Å². The topological polar surface area (TPSA) is 39.7 Å². The van der Waals surface area contributed by atoms with Crippen LogP contribution in [0.4, 0.5) is 17.6 Å². The highest BCUT2D eigenvalue weighted by atomic mass is 127. The van der Waals surface area contributed by atoms with Crippen molar-refractivity contribution >= 4 is 29.9 Å². The molecular weight excluding hydrogens is 499 g/mol. The maximum atomic E-state index is 13.2. The van der Waals surface area contributed by atoms with E-state index in [4.69, 9.17) is 0 Å². The third kappa shape index (κ3) is 7.81. The molecule has 0 atom stereocenters. The first-order valence-electron chi connectivity index (χ1n) is 8.72. The van der Waals surface area contributed by atoms with Crippen LogP contribution in [0.5, 0.6) is 0 Å². The summed E-state index contributed by atoms with van der Waals surface area (Å²) in [5.74, 6) is -0.562. The van der Waals surface area contributed by atoms with Crippen molar-refractivity contribution in [2.75, 3.05) is 21.1 Å². The molecule has 2 rings (SSSR count). The maximum Gasteiger partial charge on any atom is 0.416 e. The van der Waals surface area contributed by atoms with Crippen molar-refractivity contribution in [2.24, 2.45) is 4.99 Å². The molecule has 2 N–H and O–H groups in total. The second-order valence-electron chi connectivity index (χ2n) is 6.59. The maximum absolute atomic E-state index is 13.2. The fourth-order valence-electron chi connectivity index (χ4n) is 2.77. The van der Waals surface area contributed by atoms with Crippen molar-refractivity contribution in [1.82, 2.24) is 15.5 Å². The molecular formula is C20H25F4IN4. The molecule has 9 heteroatoms. The zero-order valence-corrected chi connectivity index (χ0v) is 18.8. The van der Waals surface area contributed by atoms with Gasteiger partial charge in [-0.1, -0.05) is 30.3 Å². The van der Waals surface area contributed by atoms with E-state index in [1.54, 1.807) is 0 Å². The Kier molecular flexibility index (Phi) is 9.84. The largest absolute Gasteiger partial charge is 0.416 e. The lowest BCUT2D eigenvalue weighted by molar-refractivity contribution is -0.138. The van der Waals surface area contributed by atoms with E-state index in [0.717, 1.165) is 29.8 Å². The van der Waals surface area contributed by atoms with Gasteiger partial charge >= 0.3 is 6.18 Å². The number of benzene rings is 2. The first-order chi connectivity index (χ1) is 13.2. The summed E-state index contributed by atoms with van der Waals surface area (Å²) < 4.78 is 52.5. The van der Waals surface area contributed by atoms with Crippen LogP contribution in [0.25, 0.3) is 0 Å². The van der Waals surface area contributed by atoms with E-state index < -0.39 is 17.6 Å². The van der Waals surface area contributed by atoms with Crippen LogP contribution < -0.4 is 10.6 Å². The number of nitrogens with one attached hydrogen (secondary N) is 2. The van der Waals surface area contributed by atoms with Crippen LogP contribution in [-0.2, 0) is 25.8 Å². The average Bonchev–Trinajstić information content (AvgIpc) is 2.62. The monoisotopic (exact) mass is 524 g/mol. The van der Waals surface area contributed by atoms with Crippen LogP contribution in [0.3, 0.4) is 0 Å². The summed E-state index contributed by atoms with van der Waals surface area (Å²) in [6, 6.07) is 10.6. The molecule has 0 spiro atoms. The van der Waals surface area contributed by atoms with Gasteiger partial charge in [0.25, 0.3) is 0 Å². The molecule has 160 valence electrons. The Bertz CT molecular complexity index is 822. The molecule has 29 heavy (non-hydrogen) atoms. The number of nitrogens with zero attached hydrogens (tertiary/aromatic N) is 2. The van der Waals surface area contributed by atoms with Gasteiger partial charge in [-0.25, -0.2) is 4.39 Å². The Morgan fingerprint density at radius 3 is 2.10 bits per heavy atom. The third-order valence-electron chi connectivity index (χ3n) is 4.10. The lowest BCUT2D eigenvalue weighted by Gasteiger charge is -2.17. The summed E-state index contributed by atoms with van der Waals surface area (Å²) in [5, 5.41) is 5.96. The molecule has 2 aromatic carbocycles. The van der Waals surface area contributed by atoms with Crippen LogP contribution in [0.2, 0.25) is 0 Å². The third-order valence-corrected chi connectivity index (χ3v) is 4.10. The number of guanidine groups is 1. The molecule has 0 aromatic heterocycles. The second-order valence-corrected chi connectivity index (χ2v) is 6.59. The summed E-state index contributed by atoms with van der Waals surface area (Å²) in [7, 11) is 5.49. The molecule has 0 bridgehead atoms. The van der Waals surface area contributed by atoms with E-state index in [-0.39, 0.29) is 36.1 Å². The molecule has 0 heterocycles. The van der Waals surface area contributed by atoms with Crippen molar-refractivity contribution < 1.29 is 17.6 Å². The van der Waals surface area contributed by atoms with Gasteiger partial charge in [0.05, 0.1) is 5.56 Å². The Morgan fingerprint density at radius 1 is 0.966 bits per heavy atom. The summed E-state index contributed by atoms with van der Waals surface area (Å²) in [6.45, 7) is 1.11. The lowest BCUT2D eigenvalue weighted by atomic mass is 10.1. The minimum atomic E-state index is -4.62. The van der Waals surface area contributed by atoms with Gasteiger partial charge in [0.2, 0.25) is 0 Å². The molecule has 0 aliphatic rings. The smallest absolute Gasteiger partial charge is 0.352 e. The number of aliphatic imine (C=N–C) groups is 1. The normalized spacial score (nSPS) is 11.9. The van der Waals surface area contributed by atoms with Gasteiger partial charge in [-0.05, 0) is 42.9 Å². The summed E-state index contributed by atoms with van der Waals surface area (Å²) in [6.07, 6.45) is -4.62. The van der Waals surface area contributed by atoms with Crippen LogP contribution in [-0.4, -0.2) is 32.0 Å². The molecule has 0 aliphatic heterocycles. The number of hydrogen-bond acceptors (Lipinski definition) is 2. The van der Waals surface area contributed by atoms with E-state index in [9.17, 15) is 17.6 Å². The van der Waals surface area contributed by atoms with Gasteiger partial charge < -0.3 is 15.5 Å². The number of hydrogen-bond donors (Lipinski definition) is 2. The van der Waals surface area contributed by atoms with Crippen molar-refractivity contribution in [1.29, 1.82) is 0 Å². The summed E-state index contributed by atoms with van der Waals surface area (Å²) in [4.78, 5) is 6.10. The Hall–Kier alpha value is -1.88. The Morgan fingerprint density at radius 2 is 1.55 bits per heavy atom. The van der Waals surface area contributed by atoms with E-state index in [0.29, 0.717) is 18.6 Å². The van der Waals surface area contributed by atoms with Gasteiger partial charge in [0, 0.05) is 26.7 Å². The summed E-state index contributed by atoms with van der Waals surface area (Å²) in [5.41, 5.74) is 1.17. The highest BCUT2D eigenvalue weighted by Gasteiger charge is 2.33. The predicted octanol–water partition coefficient (Wildman–Crippen LogP) is 4.39. The van der Waals surface area contributed by atoms with Crippen LogP contribution in [0, 0.1) is 5.82 Å². The SMILES string of the molecule is CN=C(NCc1ccccc1CN(C)C)NCc1ccc(F)cc1C(F)(F)F.I. The van der Waals surface area contributed by atoms with E-state index in [1.165, 1.54) is 7.05 Å². The first kappa shape index (κ1) is 25.2. The standard InChI is InChI=1S/C20H24F4N4.HI/c1-25-19(26-11-14-6-4-5-7-16(14)13-28(2)3)27-12-15-8-9-17(21)10-18(15)20(22,23)24;/h4-10H,11-13H2,1-3H3,(H2,25,26,27);1H. The lowest BCUT2D eigenvalue weighted by Crippen LogP contribution is -2.37. The molecule has 0 aliphatic carbocycles. The van der Waals surface area contributed by atoms with Crippen molar-refractivity contribution in [3.63, 3.8) is 0 Å². The average molecular weight is 524 g/mol. The molecule has 0 unspecified atom stereocenters. The summed E-state index contributed by atoms with van der Waals surface area (Å²) >= 11 is 0. The van der Waals surface area contributed by atoms with Crippen LogP contribution in [0.1, 0.15) is 22.3 Å². The van der Waals surface area contributed by atoms with Gasteiger partial charge in [0.1, 0.15) is 5.82 Å². The molecule has 0 amide bonds. The zero-order chi connectivity index (χ0) is 20.7. The van der Waals surface area contributed by atoms with Crippen molar-refractivity contribution in [3.05, 3.63) is 70.5 Å². The molecule has 0 radical (unpaired) electrons. The minimum absolute atomic E-state index is 0. The van der Waals surface area contributed by atoms with Crippen LogP contribution in [0.15, 0.2) is 47.5 Å². The highest BCUT2D eigenvalue weighted by Crippen LogP contribution is 2.32. The number of halogens is 5. The molecule has 0 saturated carbocycles. The van der Waals surface area contributed by atoms with Gasteiger partial charge in [0.15, 0.2) is 5.96 Å². The first-order valence-corrected chi connectivity index (χ1v) is 8.72. The number of rotatable bonds is 6. The molecule has 4 nitrogen and oxygen atoms in total. The van der Waals surface area contributed by atoms with E-state index in [1.807, 2.05) is 38.4 Å². The fourth-order valence-corrected chi connectivity index (χ4v) is 2.77. The molecule has 0 saturated heterocycles. The minimum Gasteiger partial charge on any atom is -0.352 e. The van der Waals surface area contributed by atoms with Crippen molar-refractivity contribution in [2.45, 2.75) is 25.8 Å². The quantitative estimate of drug-likeness (QED) is 0.255. The molecule has 0 fully saturated rings. The molecule has 2 aromatic rings. The second kappa shape index (κ2) is 11.3. The number of alkyl halides is 3. The Balaban J connectivity index is 0.00000420. The van der Waals surface area contributed by atoms with Crippen molar-refractivity contribution in [3.8, 4) is 0 Å². The van der Waals surface area contributed by atoms with Gasteiger partial charge in [-0.2, -0.15) is 13.2 Å². The van der Waals surface area contributed by atoms with E-state index >= 15 is 0 Å². The highest BCUT2D eigenvalue weighted by molar-refractivity contribution is 14.0. The zero-order valence-electron chi connectivity index (χ0n) is 16.5. The van der Waals surface area contributed by atoms with Crippen LogP contribution >= 0.6 is 24.0 Å². The fraction of sp³-hybridized carbons (Fsp3) is 0.350.